The third-order valence-corrected chi connectivity index (χ3v) is 6.51. The molecule has 1 aromatic heterocycles. The first-order valence-electron chi connectivity index (χ1n) is 9.17. The van der Waals surface area contributed by atoms with Crippen LogP contribution in [0.5, 0.6) is 0 Å². The van der Waals surface area contributed by atoms with E-state index in [9.17, 15) is 0 Å². The van der Waals surface area contributed by atoms with Gasteiger partial charge in [-0.05, 0) is 33.1 Å². The lowest BCUT2D eigenvalue weighted by Crippen LogP contribution is -2.66. The van der Waals surface area contributed by atoms with Crippen LogP contribution in [-0.4, -0.2) is 36.7 Å². The lowest BCUT2D eigenvalue weighted by atomic mass is 9.55. The summed E-state index contributed by atoms with van der Waals surface area (Å²) in [6.45, 7) is 5.68. The molecule has 2 atom stereocenters. The lowest BCUT2D eigenvalue weighted by molar-refractivity contribution is -0.145. The first-order valence-corrected chi connectivity index (χ1v) is 10.1. The first kappa shape index (κ1) is 17.7. The molecule has 0 aliphatic heterocycles. The number of hydrogen-bond donors (Lipinski definition) is 2. The van der Waals surface area contributed by atoms with Gasteiger partial charge in [0.1, 0.15) is 5.01 Å². The fraction of sp³-hybridized carbons (Fsp3) is 0.778. The SMILES string of the molecule is CCOC1CC(NC(=NC)NCc2nc(C)cs2)C12CCCCC2. The van der Waals surface area contributed by atoms with Crippen LogP contribution in [0.2, 0.25) is 0 Å². The van der Waals surface area contributed by atoms with E-state index in [-0.39, 0.29) is 0 Å². The van der Waals surface area contributed by atoms with Crippen molar-refractivity contribution in [2.24, 2.45) is 10.4 Å². The highest BCUT2D eigenvalue weighted by atomic mass is 32.1. The van der Waals surface area contributed by atoms with E-state index >= 15 is 0 Å². The summed E-state index contributed by atoms with van der Waals surface area (Å²) in [4.78, 5) is 8.91. The van der Waals surface area contributed by atoms with Crippen molar-refractivity contribution in [3.05, 3.63) is 16.1 Å². The van der Waals surface area contributed by atoms with Crippen LogP contribution >= 0.6 is 11.3 Å². The van der Waals surface area contributed by atoms with Gasteiger partial charge < -0.3 is 15.4 Å². The molecule has 3 rings (SSSR count). The smallest absolute Gasteiger partial charge is 0.191 e. The molecule has 5 nitrogen and oxygen atoms in total. The van der Waals surface area contributed by atoms with Gasteiger partial charge in [0.15, 0.2) is 5.96 Å². The van der Waals surface area contributed by atoms with Gasteiger partial charge in [-0.25, -0.2) is 4.98 Å². The minimum atomic E-state index is 0.309. The molecule has 6 heteroatoms. The van der Waals surface area contributed by atoms with Crippen molar-refractivity contribution in [3.63, 3.8) is 0 Å². The van der Waals surface area contributed by atoms with Crippen molar-refractivity contribution in [1.82, 2.24) is 15.6 Å². The summed E-state index contributed by atoms with van der Waals surface area (Å²) in [7, 11) is 1.84. The number of aliphatic imine (C=N–C) groups is 1. The second-order valence-electron chi connectivity index (χ2n) is 6.98. The van der Waals surface area contributed by atoms with Gasteiger partial charge in [0.05, 0.1) is 12.6 Å². The zero-order chi connectivity index (χ0) is 17.0. The fourth-order valence-electron chi connectivity index (χ4n) is 4.27. The number of aryl methyl sites for hydroxylation is 1. The van der Waals surface area contributed by atoms with Crippen molar-refractivity contribution in [3.8, 4) is 0 Å². The van der Waals surface area contributed by atoms with Crippen LogP contribution in [0.1, 0.15) is 56.2 Å². The molecule has 2 aliphatic carbocycles. The van der Waals surface area contributed by atoms with E-state index in [1.54, 1.807) is 11.3 Å². The molecule has 134 valence electrons. The molecule has 2 aliphatic rings. The third-order valence-electron chi connectivity index (χ3n) is 5.55. The average molecular weight is 351 g/mol. The van der Waals surface area contributed by atoms with Crippen molar-refractivity contribution in [2.75, 3.05) is 13.7 Å². The minimum Gasteiger partial charge on any atom is -0.378 e. The van der Waals surface area contributed by atoms with Crippen molar-refractivity contribution in [1.29, 1.82) is 0 Å². The van der Waals surface area contributed by atoms with Crippen LogP contribution in [-0.2, 0) is 11.3 Å². The van der Waals surface area contributed by atoms with E-state index in [1.165, 1.54) is 32.1 Å². The maximum Gasteiger partial charge on any atom is 0.191 e. The Kier molecular flexibility index (Phi) is 5.76. The van der Waals surface area contributed by atoms with E-state index in [4.69, 9.17) is 4.74 Å². The molecule has 0 bridgehead atoms. The second-order valence-corrected chi connectivity index (χ2v) is 7.92. The Labute approximate surface area is 149 Å². The summed E-state index contributed by atoms with van der Waals surface area (Å²) in [5.74, 6) is 0.882. The third kappa shape index (κ3) is 3.59. The van der Waals surface area contributed by atoms with E-state index in [1.807, 2.05) is 14.0 Å². The largest absolute Gasteiger partial charge is 0.378 e. The molecule has 2 saturated carbocycles. The van der Waals surface area contributed by atoms with Crippen LogP contribution in [0.25, 0.3) is 0 Å². The second kappa shape index (κ2) is 7.83. The highest BCUT2D eigenvalue weighted by Crippen LogP contribution is 2.53. The molecule has 0 saturated heterocycles. The van der Waals surface area contributed by atoms with Gasteiger partial charge in [-0.3, -0.25) is 4.99 Å². The normalized spacial score (nSPS) is 26.2. The quantitative estimate of drug-likeness (QED) is 0.632. The molecule has 1 spiro atoms. The molecular weight excluding hydrogens is 320 g/mol. The molecule has 24 heavy (non-hydrogen) atoms. The number of hydrogen-bond acceptors (Lipinski definition) is 4. The predicted octanol–water partition coefficient (Wildman–Crippen LogP) is 3.24. The number of rotatable bonds is 5. The molecule has 0 aromatic carbocycles. The van der Waals surface area contributed by atoms with Gasteiger partial charge in [-0.1, -0.05) is 19.3 Å². The molecule has 2 N–H and O–H groups in total. The maximum absolute atomic E-state index is 6.04. The molecular formula is C18H30N4OS. The van der Waals surface area contributed by atoms with Crippen molar-refractivity contribution < 1.29 is 4.74 Å². The van der Waals surface area contributed by atoms with Crippen LogP contribution in [0.4, 0.5) is 0 Å². The Bertz CT molecular complexity index is 565. The number of aromatic nitrogens is 1. The number of ether oxygens (including phenoxy) is 1. The summed E-state index contributed by atoms with van der Waals surface area (Å²) in [5, 5.41) is 10.3. The molecule has 0 radical (unpaired) electrons. The highest BCUT2D eigenvalue weighted by molar-refractivity contribution is 7.09. The van der Waals surface area contributed by atoms with E-state index in [2.05, 4.69) is 32.9 Å². The Morgan fingerprint density at radius 2 is 2.21 bits per heavy atom. The lowest BCUT2D eigenvalue weighted by Gasteiger charge is -2.57. The average Bonchev–Trinajstić information content (AvgIpc) is 3.03. The van der Waals surface area contributed by atoms with Gasteiger partial charge in [-0.2, -0.15) is 0 Å². The number of nitrogens with one attached hydrogen (secondary N) is 2. The Morgan fingerprint density at radius 3 is 2.83 bits per heavy atom. The van der Waals surface area contributed by atoms with E-state index in [0.29, 0.717) is 17.6 Å². The van der Waals surface area contributed by atoms with Gasteiger partial charge in [0, 0.05) is 36.2 Å². The summed E-state index contributed by atoms with van der Waals surface area (Å²) in [6, 6.07) is 0.471. The summed E-state index contributed by atoms with van der Waals surface area (Å²) < 4.78 is 6.04. The Hall–Kier alpha value is -1.14. The molecule has 1 heterocycles. The Morgan fingerprint density at radius 1 is 1.42 bits per heavy atom. The molecule has 2 fully saturated rings. The minimum absolute atomic E-state index is 0.309. The van der Waals surface area contributed by atoms with Crippen molar-refractivity contribution in [2.45, 2.75) is 71.1 Å². The predicted molar refractivity (Wildman–Crippen MR) is 99.5 cm³/mol. The first-order chi connectivity index (χ1) is 11.7. The Balaban J connectivity index is 1.58. The van der Waals surface area contributed by atoms with E-state index in [0.717, 1.165) is 36.2 Å². The fourth-order valence-corrected chi connectivity index (χ4v) is 4.98. The zero-order valence-corrected chi connectivity index (χ0v) is 15.9. The summed E-state index contributed by atoms with van der Waals surface area (Å²) in [5.41, 5.74) is 1.39. The van der Waals surface area contributed by atoms with Crippen LogP contribution < -0.4 is 10.6 Å². The molecule has 0 amide bonds. The number of thiazole rings is 1. The standard InChI is InChI=1S/C18H30N4OS/c1-4-23-15-10-14(18(15)8-6-5-7-9-18)22-17(19-3)20-11-16-21-13(2)12-24-16/h12,14-15H,4-11H2,1-3H3,(H2,19,20,22). The van der Waals surface area contributed by atoms with Crippen LogP contribution in [0, 0.1) is 12.3 Å². The van der Waals surface area contributed by atoms with Gasteiger partial charge in [0.2, 0.25) is 0 Å². The van der Waals surface area contributed by atoms with Crippen molar-refractivity contribution >= 4 is 17.3 Å². The number of nitrogens with zero attached hydrogens (tertiary/aromatic N) is 2. The maximum atomic E-state index is 6.04. The summed E-state index contributed by atoms with van der Waals surface area (Å²) in [6.07, 6.45) is 8.07. The van der Waals surface area contributed by atoms with Crippen LogP contribution in [0.3, 0.4) is 0 Å². The molecule has 1 aromatic rings. The van der Waals surface area contributed by atoms with Gasteiger partial charge >= 0.3 is 0 Å². The number of guanidine groups is 1. The molecule has 2 unspecified atom stereocenters. The highest BCUT2D eigenvalue weighted by Gasteiger charge is 2.55. The van der Waals surface area contributed by atoms with Gasteiger partial charge in [-0.15, -0.1) is 11.3 Å². The van der Waals surface area contributed by atoms with E-state index < -0.39 is 0 Å². The van der Waals surface area contributed by atoms with Gasteiger partial charge in [0.25, 0.3) is 0 Å². The zero-order valence-electron chi connectivity index (χ0n) is 15.1. The van der Waals surface area contributed by atoms with Crippen LogP contribution in [0.15, 0.2) is 10.4 Å². The topological polar surface area (TPSA) is 58.5 Å². The summed E-state index contributed by atoms with van der Waals surface area (Å²) >= 11 is 1.69. The monoisotopic (exact) mass is 350 g/mol.